The van der Waals surface area contributed by atoms with E-state index in [1.165, 1.54) is 5.69 Å². The first-order valence-electron chi connectivity index (χ1n) is 9.43. The number of carbonyl (C=O) groups excluding carboxylic acids is 1. The van der Waals surface area contributed by atoms with Crippen LogP contribution >= 0.6 is 0 Å². The fourth-order valence-corrected chi connectivity index (χ4v) is 3.41. The molecule has 1 fully saturated rings. The van der Waals surface area contributed by atoms with Crippen molar-refractivity contribution in [2.24, 2.45) is 0 Å². The van der Waals surface area contributed by atoms with E-state index in [1.807, 2.05) is 6.92 Å². The van der Waals surface area contributed by atoms with Gasteiger partial charge in [-0.3, -0.25) is 4.79 Å². The summed E-state index contributed by atoms with van der Waals surface area (Å²) in [4.78, 5) is 16.9. The minimum atomic E-state index is -0.0751. The number of methoxy groups -OCH3 is 2. The third-order valence-electron chi connectivity index (χ3n) is 5.08. The van der Waals surface area contributed by atoms with Crippen molar-refractivity contribution in [1.29, 1.82) is 0 Å². The summed E-state index contributed by atoms with van der Waals surface area (Å²) in [7, 11) is 4.99. The van der Waals surface area contributed by atoms with E-state index < -0.39 is 0 Å². The SMILES string of the molecule is COc1cc(C(=O)N(C)Cc2ccc(N3CCOCC3)cc2)cc(OC)c1C. The zero-order chi connectivity index (χ0) is 20.1. The topological polar surface area (TPSA) is 51.2 Å². The summed E-state index contributed by atoms with van der Waals surface area (Å²) < 4.78 is 16.2. The molecule has 6 heteroatoms. The van der Waals surface area contributed by atoms with Gasteiger partial charge in [0.1, 0.15) is 11.5 Å². The van der Waals surface area contributed by atoms with Gasteiger partial charge in [-0.2, -0.15) is 0 Å². The molecule has 0 radical (unpaired) electrons. The normalized spacial score (nSPS) is 13.9. The summed E-state index contributed by atoms with van der Waals surface area (Å²) in [6.45, 7) is 5.79. The standard InChI is InChI=1S/C22H28N2O4/c1-16-20(26-3)13-18(14-21(16)27-4)22(25)23(2)15-17-5-7-19(8-6-17)24-9-11-28-12-10-24/h5-8,13-14H,9-12,15H2,1-4H3. The molecule has 2 aromatic carbocycles. The Labute approximate surface area is 166 Å². The van der Waals surface area contributed by atoms with E-state index in [0.717, 1.165) is 37.4 Å². The lowest BCUT2D eigenvalue weighted by Crippen LogP contribution is -2.36. The fourth-order valence-electron chi connectivity index (χ4n) is 3.41. The van der Waals surface area contributed by atoms with Crippen molar-refractivity contribution in [2.75, 3.05) is 52.5 Å². The number of rotatable bonds is 6. The van der Waals surface area contributed by atoms with E-state index in [-0.39, 0.29) is 5.91 Å². The monoisotopic (exact) mass is 384 g/mol. The molecule has 3 rings (SSSR count). The van der Waals surface area contributed by atoms with E-state index in [0.29, 0.717) is 23.6 Å². The smallest absolute Gasteiger partial charge is 0.254 e. The Morgan fingerprint density at radius 3 is 2.18 bits per heavy atom. The number of morpholine rings is 1. The zero-order valence-electron chi connectivity index (χ0n) is 17.0. The van der Waals surface area contributed by atoms with Gasteiger partial charge in [-0.1, -0.05) is 12.1 Å². The molecule has 1 aliphatic rings. The van der Waals surface area contributed by atoms with Crippen LogP contribution in [0.2, 0.25) is 0 Å². The number of amides is 1. The van der Waals surface area contributed by atoms with Crippen LogP contribution in [-0.2, 0) is 11.3 Å². The largest absolute Gasteiger partial charge is 0.496 e. The van der Waals surface area contributed by atoms with Crippen LogP contribution in [0.3, 0.4) is 0 Å². The van der Waals surface area contributed by atoms with Crippen molar-refractivity contribution >= 4 is 11.6 Å². The summed E-state index contributed by atoms with van der Waals surface area (Å²) in [5.74, 6) is 1.21. The summed E-state index contributed by atoms with van der Waals surface area (Å²) >= 11 is 0. The van der Waals surface area contributed by atoms with Gasteiger partial charge in [-0.25, -0.2) is 0 Å². The maximum absolute atomic E-state index is 12.9. The molecule has 1 aliphatic heterocycles. The van der Waals surface area contributed by atoms with Crippen LogP contribution in [0.5, 0.6) is 11.5 Å². The third-order valence-corrected chi connectivity index (χ3v) is 5.08. The summed E-state index contributed by atoms with van der Waals surface area (Å²) in [6, 6.07) is 11.9. The number of carbonyl (C=O) groups is 1. The van der Waals surface area contributed by atoms with Gasteiger partial charge >= 0.3 is 0 Å². The molecule has 0 aliphatic carbocycles. The molecule has 0 aromatic heterocycles. The molecule has 0 atom stereocenters. The molecule has 0 unspecified atom stereocenters. The van der Waals surface area contributed by atoms with Crippen LogP contribution in [-0.4, -0.2) is 58.4 Å². The van der Waals surface area contributed by atoms with Gasteiger partial charge in [-0.15, -0.1) is 0 Å². The maximum atomic E-state index is 12.9. The zero-order valence-corrected chi connectivity index (χ0v) is 17.0. The van der Waals surface area contributed by atoms with Gasteiger partial charge in [-0.05, 0) is 36.8 Å². The number of anilines is 1. The van der Waals surface area contributed by atoms with E-state index in [9.17, 15) is 4.79 Å². The van der Waals surface area contributed by atoms with Gasteiger partial charge in [0.15, 0.2) is 0 Å². The molecule has 1 saturated heterocycles. The van der Waals surface area contributed by atoms with E-state index in [1.54, 1.807) is 38.3 Å². The molecule has 1 heterocycles. The predicted molar refractivity (Wildman–Crippen MR) is 110 cm³/mol. The first kappa shape index (κ1) is 20.0. The highest BCUT2D eigenvalue weighted by atomic mass is 16.5. The minimum absolute atomic E-state index is 0.0751. The summed E-state index contributed by atoms with van der Waals surface area (Å²) in [5, 5.41) is 0. The van der Waals surface area contributed by atoms with E-state index in [4.69, 9.17) is 14.2 Å². The lowest BCUT2D eigenvalue weighted by atomic mass is 10.1. The number of hydrogen-bond donors (Lipinski definition) is 0. The van der Waals surface area contributed by atoms with Crippen LogP contribution in [0.4, 0.5) is 5.69 Å². The first-order valence-corrected chi connectivity index (χ1v) is 9.43. The second-order valence-corrected chi connectivity index (χ2v) is 6.93. The molecule has 0 saturated carbocycles. The third kappa shape index (κ3) is 4.39. The molecular weight excluding hydrogens is 356 g/mol. The minimum Gasteiger partial charge on any atom is -0.496 e. The van der Waals surface area contributed by atoms with Gasteiger partial charge in [0.05, 0.1) is 27.4 Å². The average molecular weight is 384 g/mol. The number of hydrogen-bond acceptors (Lipinski definition) is 5. The second kappa shape index (κ2) is 8.97. The van der Waals surface area contributed by atoms with Crippen LogP contribution in [0.25, 0.3) is 0 Å². The van der Waals surface area contributed by atoms with E-state index in [2.05, 4.69) is 29.2 Å². The van der Waals surface area contributed by atoms with Crippen molar-refractivity contribution in [3.05, 3.63) is 53.1 Å². The van der Waals surface area contributed by atoms with Crippen LogP contribution in [0.1, 0.15) is 21.5 Å². The molecule has 1 amide bonds. The summed E-state index contributed by atoms with van der Waals surface area (Å²) in [6.07, 6.45) is 0. The Kier molecular flexibility index (Phi) is 6.41. The maximum Gasteiger partial charge on any atom is 0.254 e. The Morgan fingerprint density at radius 2 is 1.64 bits per heavy atom. The Hall–Kier alpha value is -2.73. The molecule has 0 N–H and O–H groups in total. The molecule has 6 nitrogen and oxygen atoms in total. The average Bonchev–Trinajstić information content (AvgIpc) is 2.74. The summed E-state index contributed by atoms with van der Waals surface area (Å²) in [5.41, 5.74) is 3.70. The van der Waals surface area contributed by atoms with Crippen LogP contribution in [0, 0.1) is 6.92 Å². The number of benzene rings is 2. The van der Waals surface area contributed by atoms with Crippen molar-refractivity contribution in [2.45, 2.75) is 13.5 Å². The van der Waals surface area contributed by atoms with Gasteiger partial charge in [0.2, 0.25) is 0 Å². The van der Waals surface area contributed by atoms with Crippen molar-refractivity contribution in [3.63, 3.8) is 0 Å². The Bertz CT molecular complexity index is 789. The molecule has 0 spiro atoms. The predicted octanol–water partition coefficient (Wildman–Crippen LogP) is 3.12. The fraction of sp³-hybridized carbons (Fsp3) is 0.409. The lowest BCUT2D eigenvalue weighted by Gasteiger charge is -2.29. The molecule has 150 valence electrons. The van der Waals surface area contributed by atoms with Crippen molar-refractivity contribution in [1.82, 2.24) is 4.90 Å². The van der Waals surface area contributed by atoms with E-state index >= 15 is 0 Å². The Balaban J connectivity index is 1.70. The van der Waals surface area contributed by atoms with Crippen molar-refractivity contribution in [3.8, 4) is 11.5 Å². The number of nitrogens with zero attached hydrogens (tertiary/aromatic N) is 2. The lowest BCUT2D eigenvalue weighted by molar-refractivity contribution is 0.0784. The highest BCUT2D eigenvalue weighted by Gasteiger charge is 2.17. The molecular formula is C22H28N2O4. The van der Waals surface area contributed by atoms with Gasteiger partial charge in [0, 0.05) is 43.5 Å². The Morgan fingerprint density at radius 1 is 1.07 bits per heavy atom. The number of ether oxygens (including phenoxy) is 3. The van der Waals surface area contributed by atoms with Crippen molar-refractivity contribution < 1.29 is 19.0 Å². The molecule has 28 heavy (non-hydrogen) atoms. The quantitative estimate of drug-likeness (QED) is 0.766. The highest BCUT2D eigenvalue weighted by Crippen LogP contribution is 2.30. The molecule has 2 aromatic rings. The molecule has 0 bridgehead atoms. The van der Waals surface area contributed by atoms with Crippen LogP contribution in [0.15, 0.2) is 36.4 Å². The van der Waals surface area contributed by atoms with Gasteiger partial charge < -0.3 is 24.0 Å². The van der Waals surface area contributed by atoms with Gasteiger partial charge in [0.25, 0.3) is 5.91 Å². The van der Waals surface area contributed by atoms with Crippen LogP contribution < -0.4 is 14.4 Å². The first-order chi connectivity index (χ1) is 13.5. The second-order valence-electron chi connectivity index (χ2n) is 6.93. The highest BCUT2D eigenvalue weighted by molar-refractivity contribution is 5.95.